The van der Waals surface area contributed by atoms with Crippen molar-refractivity contribution in [3.05, 3.63) is 23.9 Å². The third-order valence-corrected chi connectivity index (χ3v) is 3.61. The van der Waals surface area contributed by atoms with E-state index in [1.54, 1.807) is 0 Å². The van der Waals surface area contributed by atoms with Gasteiger partial charge in [-0.1, -0.05) is 19.9 Å². The molecule has 0 amide bonds. The molecule has 1 aromatic heterocycles. The van der Waals surface area contributed by atoms with Crippen LogP contribution in [0.3, 0.4) is 0 Å². The van der Waals surface area contributed by atoms with E-state index in [1.165, 1.54) is 6.42 Å². The van der Waals surface area contributed by atoms with Crippen molar-refractivity contribution in [3.63, 3.8) is 0 Å². The molecule has 0 saturated carbocycles. The highest BCUT2D eigenvalue weighted by atomic mass is 16.3. The molecule has 2 heterocycles. The van der Waals surface area contributed by atoms with Crippen molar-refractivity contribution < 1.29 is 5.11 Å². The Morgan fingerprint density at radius 2 is 2.19 bits per heavy atom. The van der Waals surface area contributed by atoms with Crippen LogP contribution in [0.4, 0.5) is 5.82 Å². The molecule has 1 aliphatic rings. The van der Waals surface area contributed by atoms with Crippen LogP contribution < -0.4 is 4.90 Å². The van der Waals surface area contributed by atoms with Gasteiger partial charge in [-0.3, -0.25) is 0 Å². The number of pyridine rings is 1. The lowest BCUT2D eigenvalue weighted by molar-refractivity contribution is 0.276. The van der Waals surface area contributed by atoms with E-state index in [4.69, 9.17) is 5.11 Å². The normalized spacial score (nSPS) is 25.8. The maximum atomic E-state index is 9.07. The number of aliphatic hydroxyl groups is 1. The van der Waals surface area contributed by atoms with Gasteiger partial charge in [-0.25, -0.2) is 4.98 Å². The highest BCUT2D eigenvalue weighted by Gasteiger charge is 2.23. The van der Waals surface area contributed by atoms with Crippen LogP contribution in [0.1, 0.15) is 26.0 Å². The topological polar surface area (TPSA) is 36.4 Å². The molecule has 1 saturated heterocycles. The van der Waals surface area contributed by atoms with Crippen LogP contribution >= 0.6 is 0 Å². The largest absolute Gasteiger partial charge is 0.390 e. The molecular weight excluding hydrogens is 200 g/mol. The fourth-order valence-electron chi connectivity index (χ4n) is 2.20. The number of aromatic nitrogens is 1. The average molecular weight is 220 g/mol. The van der Waals surface area contributed by atoms with Crippen LogP contribution in [0, 0.1) is 11.8 Å². The lowest BCUT2D eigenvalue weighted by Gasteiger charge is -2.36. The second kappa shape index (κ2) is 4.83. The molecule has 2 atom stereocenters. The predicted molar refractivity (Wildman–Crippen MR) is 65.3 cm³/mol. The summed E-state index contributed by atoms with van der Waals surface area (Å²) in [7, 11) is 0. The molecule has 1 fully saturated rings. The first-order valence-corrected chi connectivity index (χ1v) is 6.02. The van der Waals surface area contributed by atoms with E-state index in [0.717, 1.165) is 30.5 Å². The van der Waals surface area contributed by atoms with E-state index in [1.807, 2.05) is 18.2 Å². The number of hydrogen-bond donors (Lipinski definition) is 1. The van der Waals surface area contributed by atoms with Crippen LogP contribution in [0.5, 0.6) is 0 Å². The minimum absolute atomic E-state index is 0.0215. The first kappa shape index (κ1) is 11.4. The van der Waals surface area contributed by atoms with E-state index >= 15 is 0 Å². The highest BCUT2D eigenvalue weighted by Crippen LogP contribution is 2.25. The Morgan fingerprint density at radius 1 is 1.38 bits per heavy atom. The van der Waals surface area contributed by atoms with Gasteiger partial charge in [-0.05, 0) is 30.4 Å². The van der Waals surface area contributed by atoms with E-state index in [9.17, 15) is 0 Å². The van der Waals surface area contributed by atoms with Crippen LogP contribution in [-0.2, 0) is 6.61 Å². The Balaban J connectivity index is 2.12. The number of rotatable bonds is 2. The first-order chi connectivity index (χ1) is 7.70. The third-order valence-electron chi connectivity index (χ3n) is 3.61. The van der Waals surface area contributed by atoms with Crippen LogP contribution in [0.25, 0.3) is 0 Å². The van der Waals surface area contributed by atoms with E-state index < -0.39 is 0 Å². The molecule has 1 aromatic rings. The Labute approximate surface area is 97.1 Å². The molecule has 0 radical (unpaired) electrons. The van der Waals surface area contributed by atoms with Crippen molar-refractivity contribution in [2.45, 2.75) is 26.9 Å². The summed E-state index contributed by atoms with van der Waals surface area (Å²) in [5, 5.41) is 9.07. The van der Waals surface area contributed by atoms with Gasteiger partial charge in [0.05, 0.1) is 12.3 Å². The summed E-state index contributed by atoms with van der Waals surface area (Å²) < 4.78 is 0. The van der Waals surface area contributed by atoms with Gasteiger partial charge in [0.25, 0.3) is 0 Å². The Morgan fingerprint density at radius 3 is 2.88 bits per heavy atom. The minimum Gasteiger partial charge on any atom is -0.390 e. The quantitative estimate of drug-likeness (QED) is 0.828. The average Bonchev–Trinajstić information content (AvgIpc) is 2.33. The van der Waals surface area contributed by atoms with Gasteiger partial charge >= 0.3 is 0 Å². The molecule has 3 heteroatoms. The second-order valence-corrected chi connectivity index (χ2v) is 4.83. The molecule has 0 aromatic carbocycles. The van der Waals surface area contributed by atoms with Gasteiger partial charge in [0.15, 0.2) is 0 Å². The summed E-state index contributed by atoms with van der Waals surface area (Å²) in [4.78, 5) is 6.77. The van der Waals surface area contributed by atoms with Crippen molar-refractivity contribution in [2.24, 2.45) is 11.8 Å². The summed E-state index contributed by atoms with van der Waals surface area (Å²) in [5.41, 5.74) is 0.753. The molecule has 3 nitrogen and oxygen atoms in total. The molecular formula is C13H20N2O. The van der Waals surface area contributed by atoms with Crippen molar-refractivity contribution in [3.8, 4) is 0 Å². The number of piperidine rings is 1. The maximum Gasteiger partial charge on any atom is 0.128 e. The fourth-order valence-corrected chi connectivity index (χ4v) is 2.20. The second-order valence-electron chi connectivity index (χ2n) is 4.83. The van der Waals surface area contributed by atoms with Gasteiger partial charge in [0.2, 0.25) is 0 Å². The SMILES string of the molecule is CC1CCN(c2cccc(CO)n2)CC1C. The number of aliphatic hydroxyl groups excluding tert-OH is 1. The molecule has 2 unspecified atom stereocenters. The van der Waals surface area contributed by atoms with Gasteiger partial charge in [0.1, 0.15) is 5.82 Å². The zero-order valence-electron chi connectivity index (χ0n) is 10.1. The number of anilines is 1. The van der Waals surface area contributed by atoms with Crippen molar-refractivity contribution >= 4 is 5.82 Å². The summed E-state index contributed by atoms with van der Waals surface area (Å²) in [6, 6.07) is 5.86. The molecule has 0 aliphatic carbocycles. The van der Waals surface area contributed by atoms with E-state index in [2.05, 4.69) is 23.7 Å². The predicted octanol–water partition coefficient (Wildman–Crippen LogP) is 2.06. The van der Waals surface area contributed by atoms with Crippen LogP contribution in [0.2, 0.25) is 0 Å². The summed E-state index contributed by atoms with van der Waals surface area (Å²) in [6.07, 6.45) is 1.23. The fraction of sp³-hybridized carbons (Fsp3) is 0.615. The molecule has 1 N–H and O–H groups in total. The van der Waals surface area contributed by atoms with Gasteiger partial charge in [-0.15, -0.1) is 0 Å². The summed E-state index contributed by atoms with van der Waals surface area (Å²) in [6.45, 7) is 6.79. The van der Waals surface area contributed by atoms with Gasteiger partial charge in [0, 0.05) is 13.1 Å². The zero-order chi connectivity index (χ0) is 11.5. The van der Waals surface area contributed by atoms with Crippen LogP contribution in [-0.4, -0.2) is 23.2 Å². The molecule has 1 aliphatic heterocycles. The summed E-state index contributed by atoms with van der Waals surface area (Å²) in [5.74, 6) is 2.52. The summed E-state index contributed by atoms with van der Waals surface area (Å²) >= 11 is 0. The lowest BCUT2D eigenvalue weighted by Crippen LogP contribution is -2.38. The molecule has 88 valence electrons. The molecule has 16 heavy (non-hydrogen) atoms. The molecule has 0 bridgehead atoms. The van der Waals surface area contributed by atoms with E-state index in [-0.39, 0.29) is 6.61 Å². The van der Waals surface area contributed by atoms with Gasteiger partial charge in [-0.2, -0.15) is 0 Å². The first-order valence-electron chi connectivity index (χ1n) is 6.02. The minimum atomic E-state index is 0.0215. The number of hydrogen-bond acceptors (Lipinski definition) is 3. The Bertz CT molecular complexity index is 354. The van der Waals surface area contributed by atoms with Crippen LogP contribution in [0.15, 0.2) is 18.2 Å². The zero-order valence-corrected chi connectivity index (χ0v) is 10.1. The van der Waals surface area contributed by atoms with Crippen molar-refractivity contribution in [2.75, 3.05) is 18.0 Å². The lowest BCUT2D eigenvalue weighted by atomic mass is 9.89. The molecule has 2 rings (SSSR count). The van der Waals surface area contributed by atoms with E-state index in [0.29, 0.717) is 5.92 Å². The smallest absolute Gasteiger partial charge is 0.128 e. The maximum absolute atomic E-state index is 9.07. The Kier molecular flexibility index (Phi) is 3.44. The monoisotopic (exact) mass is 220 g/mol. The third kappa shape index (κ3) is 2.35. The van der Waals surface area contributed by atoms with Crippen molar-refractivity contribution in [1.29, 1.82) is 0 Å². The molecule has 0 spiro atoms. The highest BCUT2D eigenvalue weighted by molar-refractivity contribution is 5.39. The standard InChI is InChI=1S/C13H20N2O/c1-10-6-7-15(8-11(10)2)13-5-3-4-12(9-16)14-13/h3-5,10-11,16H,6-9H2,1-2H3. The van der Waals surface area contributed by atoms with Crippen molar-refractivity contribution in [1.82, 2.24) is 4.98 Å². The number of nitrogens with zero attached hydrogens (tertiary/aromatic N) is 2. The van der Waals surface area contributed by atoms with Gasteiger partial charge < -0.3 is 10.0 Å². The Hall–Kier alpha value is -1.09.